The van der Waals surface area contributed by atoms with Crippen molar-refractivity contribution in [3.05, 3.63) is 0 Å². The zero-order valence-electron chi connectivity index (χ0n) is 41.8. The summed E-state index contributed by atoms with van der Waals surface area (Å²) in [5, 5.41) is 20.2. The van der Waals surface area contributed by atoms with Crippen LogP contribution in [0, 0.1) is 41.4 Å². The topological polar surface area (TPSA) is 170 Å². The Labute approximate surface area is 390 Å². The van der Waals surface area contributed by atoms with Gasteiger partial charge in [0.25, 0.3) is 0 Å². The molecular weight excluding hydrogens is 965 g/mol. The fourth-order valence-electron chi connectivity index (χ4n) is 9.28. The maximum absolute atomic E-state index is 10.1. The SMILES string of the molecule is CCC(CO)(CO)OCCC[Si](C)(C)O[Si]12O[Si]3(CC(C)C)O[Si]4(CC(C)C)O[Si]5(CC(C)C)O[Si](CC(C)C)(O3)O[Si](CC(C)C)(O[Si](CC(C)C)(O5)O[Si](CC(C)C)(O4)O1)O2. The average molecular weight is 1050 g/mol. The third-order valence-electron chi connectivity index (χ3n) is 11.2. The maximum Gasteiger partial charge on any atom is 0.646 e. The Balaban J connectivity index is 1.86. The zero-order chi connectivity index (χ0) is 47.1. The molecule has 0 unspecified atom stereocenters. The fourth-order valence-corrected chi connectivity index (χ4v) is 63.6. The summed E-state index contributed by atoms with van der Waals surface area (Å²) in [6.45, 7) is 35.8. The Morgan fingerprint density at radius 1 is 0.429 bits per heavy atom. The van der Waals surface area contributed by atoms with Crippen molar-refractivity contribution in [2.75, 3.05) is 19.8 Å². The minimum atomic E-state index is -4.60. The van der Waals surface area contributed by atoms with Gasteiger partial charge in [0.1, 0.15) is 5.60 Å². The van der Waals surface area contributed by atoms with E-state index >= 15 is 0 Å². The number of aliphatic hydroxyl groups is 2. The van der Waals surface area contributed by atoms with E-state index < -0.39 is 84.6 Å². The molecule has 6 heterocycles. The van der Waals surface area contributed by atoms with Gasteiger partial charge in [-0.05, 0) is 73.4 Å². The Bertz CT molecular complexity index is 1350. The summed E-state index contributed by atoms with van der Waals surface area (Å²) in [5.74, 6) is 0.379. The van der Waals surface area contributed by atoms with Crippen LogP contribution >= 0.6 is 0 Å². The van der Waals surface area contributed by atoms with Crippen LogP contribution in [0.4, 0.5) is 0 Å². The van der Waals surface area contributed by atoms with Crippen molar-refractivity contribution in [3.8, 4) is 0 Å². The van der Waals surface area contributed by atoms with Gasteiger partial charge in [-0.25, -0.2) is 0 Å². The molecule has 63 heavy (non-hydrogen) atoms. The van der Waals surface area contributed by atoms with Crippen molar-refractivity contribution >= 4 is 79.0 Å². The smallest absolute Gasteiger partial charge is 0.395 e. The Kier molecular flexibility index (Phi) is 18.0. The lowest BCUT2D eigenvalue weighted by atomic mass is 10.0. The predicted octanol–water partition coefficient (Wildman–Crippen LogP) is 8.62. The molecule has 2 N–H and O–H groups in total. The molecule has 25 heteroatoms. The zero-order valence-corrected chi connectivity index (χ0v) is 50.8. The normalized spacial score (nSPS) is 37.2. The van der Waals surface area contributed by atoms with Gasteiger partial charge in [-0.3, -0.25) is 0 Å². The molecule has 6 fully saturated rings. The Morgan fingerprint density at radius 3 is 0.873 bits per heavy atom. The lowest BCUT2D eigenvalue weighted by molar-refractivity contribution is -0.110. The summed E-state index contributed by atoms with van der Waals surface area (Å²) < 4.78 is 107. The highest BCUT2D eigenvalue weighted by atomic mass is 28.6. The van der Waals surface area contributed by atoms with Gasteiger partial charge >= 0.3 is 70.7 Å². The largest absolute Gasteiger partial charge is 0.646 e. The summed E-state index contributed by atoms with van der Waals surface area (Å²) in [7, 11) is -36.0. The minimum absolute atomic E-state index is 0.0288. The first kappa shape index (κ1) is 55.2. The van der Waals surface area contributed by atoms with Gasteiger partial charge in [0.15, 0.2) is 8.32 Å². The molecule has 16 nitrogen and oxygen atoms in total. The summed E-state index contributed by atoms with van der Waals surface area (Å²) in [5.41, 5.74) is -1.02. The first-order valence-corrected chi connectivity index (χ1v) is 42.2. The van der Waals surface area contributed by atoms with Crippen molar-refractivity contribution in [2.24, 2.45) is 41.4 Å². The van der Waals surface area contributed by atoms with Gasteiger partial charge in [0.2, 0.25) is 0 Å². The molecule has 0 aliphatic carbocycles. The molecule has 0 amide bonds. The van der Waals surface area contributed by atoms with Crippen LogP contribution in [0.25, 0.3) is 0 Å². The summed E-state index contributed by atoms with van der Waals surface area (Å²) in [6, 6.07) is 3.46. The number of ether oxygens (including phenoxy) is 1. The highest BCUT2D eigenvalue weighted by Gasteiger charge is 2.84. The molecule has 370 valence electrons. The highest BCUT2D eigenvalue weighted by Crippen LogP contribution is 2.55. The third-order valence-corrected chi connectivity index (χ3v) is 54.3. The second-order valence-corrected chi connectivity index (χ2v) is 50.4. The van der Waals surface area contributed by atoms with Crippen molar-refractivity contribution in [1.82, 2.24) is 0 Å². The molecule has 0 atom stereocenters. The molecular formula is C38H86O16Si9. The molecule has 6 aliphatic rings. The van der Waals surface area contributed by atoms with E-state index in [9.17, 15) is 10.2 Å². The molecule has 0 spiro atoms. The van der Waals surface area contributed by atoms with E-state index in [2.05, 4.69) is 110 Å². The molecule has 0 aromatic carbocycles. The summed E-state index contributed by atoms with van der Waals surface area (Å²) in [4.78, 5) is 0. The molecule has 6 aliphatic heterocycles. The standard InChI is InChI=1S/C38H86O16Si9/c1-18-38(29-39,30-40)41-20-19-21-55(16,17)42-63-52-60(26-35(10)11)46-57(23-32(4)5)43-56(22-31(2)3)44-58(48-60,24-33(6)7)50-62(54-63,28-37(14)15)51-59(45-56,25-34(8)9)49-61(47-57,53-63)27-36(12)13/h31-37,39-40H,18-30H2,1-17H3. The van der Waals surface area contributed by atoms with Crippen LogP contribution in [0.3, 0.4) is 0 Å². The predicted molar refractivity (Wildman–Crippen MR) is 258 cm³/mol. The van der Waals surface area contributed by atoms with Crippen molar-refractivity contribution in [1.29, 1.82) is 0 Å². The van der Waals surface area contributed by atoms with Gasteiger partial charge < -0.3 is 68.4 Å². The molecule has 0 saturated carbocycles. The van der Waals surface area contributed by atoms with Crippen LogP contribution < -0.4 is 0 Å². The summed E-state index contributed by atoms with van der Waals surface area (Å²) in [6.07, 6.45) is 1.06. The van der Waals surface area contributed by atoms with E-state index in [4.69, 9.17) is 58.2 Å². The molecule has 0 aromatic rings. The van der Waals surface area contributed by atoms with Crippen LogP contribution in [0.15, 0.2) is 0 Å². The van der Waals surface area contributed by atoms with E-state index in [1.807, 2.05) is 6.92 Å². The van der Waals surface area contributed by atoms with Crippen molar-refractivity contribution in [2.45, 2.75) is 184 Å². The lowest BCUT2D eigenvalue weighted by Crippen LogP contribution is -2.89. The number of hydrogen-bond donors (Lipinski definition) is 2. The van der Waals surface area contributed by atoms with E-state index in [1.165, 1.54) is 0 Å². The highest BCUT2D eigenvalue weighted by molar-refractivity contribution is 7.03. The second kappa shape index (κ2) is 20.6. The van der Waals surface area contributed by atoms with E-state index in [0.29, 0.717) is 67.8 Å². The fraction of sp³-hybridized carbons (Fsp3) is 1.00. The lowest BCUT2D eigenvalue weighted by Gasteiger charge is -2.63. The monoisotopic (exact) mass is 1050 g/mol. The van der Waals surface area contributed by atoms with Crippen molar-refractivity contribution < 1.29 is 68.4 Å². The number of rotatable bonds is 24. The van der Waals surface area contributed by atoms with E-state index in [0.717, 1.165) is 0 Å². The van der Waals surface area contributed by atoms with Crippen molar-refractivity contribution in [3.63, 3.8) is 0 Å². The van der Waals surface area contributed by atoms with Crippen LogP contribution in [-0.2, 0) is 58.2 Å². The Hall–Kier alpha value is 1.31. The van der Waals surface area contributed by atoms with Gasteiger partial charge in [-0.15, -0.1) is 0 Å². The first-order chi connectivity index (χ1) is 29.0. The van der Waals surface area contributed by atoms with E-state index in [1.54, 1.807) is 0 Å². The number of aliphatic hydroxyl groups excluding tert-OH is 2. The molecule has 0 aromatic heterocycles. The van der Waals surface area contributed by atoms with Crippen LogP contribution in [0.1, 0.15) is 117 Å². The first-order valence-electron chi connectivity index (χ1n) is 24.0. The van der Waals surface area contributed by atoms with Gasteiger partial charge in [0.05, 0.1) is 13.2 Å². The van der Waals surface area contributed by atoms with Gasteiger partial charge in [0, 0.05) is 48.9 Å². The molecule has 0 radical (unpaired) electrons. The number of hydrogen-bond acceptors (Lipinski definition) is 16. The third kappa shape index (κ3) is 13.6. The maximum atomic E-state index is 10.1. The van der Waals surface area contributed by atoms with Gasteiger partial charge in [-0.2, -0.15) is 0 Å². The average Bonchev–Trinajstić information content (AvgIpc) is 3.02. The van der Waals surface area contributed by atoms with Gasteiger partial charge in [-0.1, -0.05) is 104 Å². The van der Waals surface area contributed by atoms with E-state index in [-0.39, 0.29) is 54.6 Å². The Morgan fingerprint density at radius 2 is 0.667 bits per heavy atom. The molecule has 6 saturated heterocycles. The summed E-state index contributed by atoms with van der Waals surface area (Å²) >= 11 is 0. The molecule has 6 rings (SSSR count). The minimum Gasteiger partial charge on any atom is -0.395 e. The second-order valence-electron chi connectivity index (χ2n) is 22.4. The quantitative estimate of drug-likeness (QED) is 0.0695. The van der Waals surface area contributed by atoms with Crippen LogP contribution in [0.2, 0.25) is 61.4 Å². The molecule has 8 bridgehead atoms. The van der Waals surface area contributed by atoms with Crippen LogP contribution in [-0.4, -0.2) is 115 Å². The van der Waals surface area contributed by atoms with Crippen LogP contribution in [0.5, 0.6) is 0 Å².